The highest BCUT2D eigenvalue weighted by atomic mass is 127. The van der Waals surface area contributed by atoms with Gasteiger partial charge in [0.05, 0.1) is 0 Å². The van der Waals surface area contributed by atoms with Crippen LogP contribution in [0.25, 0.3) is 6.08 Å². The fourth-order valence-corrected chi connectivity index (χ4v) is 2.82. The molecule has 0 aromatic heterocycles. The van der Waals surface area contributed by atoms with E-state index in [0.29, 0.717) is 5.56 Å². The van der Waals surface area contributed by atoms with Gasteiger partial charge >= 0.3 is 5.97 Å². The van der Waals surface area contributed by atoms with Gasteiger partial charge in [-0.3, -0.25) is 4.79 Å². The molecule has 1 amide bonds. The van der Waals surface area contributed by atoms with Gasteiger partial charge in [0.1, 0.15) is 12.3 Å². The fourth-order valence-electron chi connectivity index (χ4n) is 2.46. The van der Waals surface area contributed by atoms with Crippen molar-refractivity contribution in [3.8, 4) is 0 Å². The van der Waals surface area contributed by atoms with Crippen LogP contribution in [0.3, 0.4) is 0 Å². The molecule has 4 nitrogen and oxygen atoms in total. The smallest absolute Gasteiger partial charge is 0.355 e. The maximum Gasteiger partial charge on any atom is 0.355 e. The number of rotatable bonds is 6. The Hall–Kier alpha value is -2.93. The molecule has 0 aliphatic carbocycles. The summed E-state index contributed by atoms with van der Waals surface area (Å²) < 4.78 is 6.42. The van der Waals surface area contributed by atoms with Crippen LogP contribution >= 0.6 is 22.6 Å². The van der Waals surface area contributed by atoms with Crippen LogP contribution in [-0.2, 0) is 16.1 Å². The molecule has 0 unspecified atom stereocenters. The summed E-state index contributed by atoms with van der Waals surface area (Å²) in [6.45, 7) is 0.130. The Balaban J connectivity index is 1.78. The van der Waals surface area contributed by atoms with Crippen molar-refractivity contribution in [3.05, 3.63) is 111 Å². The molecule has 5 heteroatoms. The van der Waals surface area contributed by atoms with Crippen LogP contribution in [-0.4, -0.2) is 11.9 Å². The number of ether oxygens (including phenoxy) is 1. The van der Waals surface area contributed by atoms with Crippen LogP contribution < -0.4 is 5.32 Å². The molecule has 3 aromatic rings. The largest absolute Gasteiger partial charge is 0.456 e. The van der Waals surface area contributed by atoms with Gasteiger partial charge in [-0.15, -0.1) is 0 Å². The van der Waals surface area contributed by atoms with Crippen molar-refractivity contribution < 1.29 is 14.3 Å². The molecule has 0 atom stereocenters. The zero-order valence-corrected chi connectivity index (χ0v) is 17.1. The van der Waals surface area contributed by atoms with Gasteiger partial charge in [-0.05, 0) is 64.1 Å². The van der Waals surface area contributed by atoms with Gasteiger partial charge in [-0.1, -0.05) is 60.7 Å². The van der Waals surface area contributed by atoms with Crippen molar-refractivity contribution in [2.75, 3.05) is 0 Å². The van der Waals surface area contributed by atoms with E-state index in [-0.39, 0.29) is 18.2 Å². The molecule has 1 N–H and O–H groups in total. The summed E-state index contributed by atoms with van der Waals surface area (Å²) in [5, 5.41) is 2.68. The first-order valence-corrected chi connectivity index (χ1v) is 9.74. The minimum atomic E-state index is -0.591. The topological polar surface area (TPSA) is 55.4 Å². The molecule has 3 rings (SSSR count). The highest BCUT2D eigenvalue weighted by Crippen LogP contribution is 2.11. The average molecular weight is 483 g/mol. The monoisotopic (exact) mass is 483 g/mol. The number of amides is 1. The summed E-state index contributed by atoms with van der Waals surface area (Å²) in [6, 6.07) is 25.8. The van der Waals surface area contributed by atoms with Gasteiger partial charge in [0.2, 0.25) is 0 Å². The van der Waals surface area contributed by atoms with E-state index in [4.69, 9.17) is 4.74 Å². The Kier molecular flexibility index (Phi) is 6.97. The van der Waals surface area contributed by atoms with E-state index in [1.165, 1.54) is 0 Å². The molecule has 140 valence electrons. The summed E-state index contributed by atoms with van der Waals surface area (Å²) in [5.41, 5.74) is 2.22. The van der Waals surface area contributed by atoms with Gasteiger partial charge in [0.25, 0.3) is 5.91 Å². The maximum absolute atomic E-state index is 12.6. The van der Waals surface area contributed by atoms with E-state index in [1.807, 2.05) is 72.8 Å². The number of nitrogens with one attached hydrogen (secondary N) is 1. The lowest BCUT2D eigenvalue weighted by Gasteiger charge is -2.11. The average Bonchev–Trinajstić information content (AvgIpc) is 2.73. The second-order valence-electron chi connectivity index (χ2n) is 5.99. The molecule has 0 heterocycles. The normalized spacial score (nSPS) is 11.0. The molecular weight excluding hydrogens is 465 g/mol. The number of hydrogen-bond donors (Lipinski definition) is 1. The van der Waals surface area contributed by atoms with Crippen molar-refractivity contribution in [2.45, 2.75) is 6.61 Å². The number of hydrogen-bond acceptors (Lipinski definition) is 3. The Morgan fingerprint density at radius 2 is 1.46 bits per heavy atom. The molecule has 0 saturated heterocycles. The van der Waals surface area contributed by atoms with Gasteiger partial charge in [0, 0.05) is 9.13 Å². The first-order chi connectivity index (χ1) is 13.6. The summed E-state index contributed by atoms with van der Waals surface area (Å²) in [4.78, 5) is 25.2. The van der Waals surface area contributed by atoms with Crippen LogP contribution in [0.4, 0.5) is 0 Å². The summed E-state index contributed by atoms with van der Waals surface area (Å²) in [6.07, 6.45) is 1.61. The zero-order valence-electron chi connectivity index (χ0n) is 15.0. The van der Waals surface area contributed by atoms with Crippen molar-refractivity contribution in [2.24, 2.45) is 0 Å². The zero-order chi connectivity index (χ0) is 19.8. The second kappa shape index (κ2) is 9.85. The number of halogens is 1. The summed E-state index contributed by atoms with van der Waals surface area (Å²) >= 11 is 2.17. The third-order valence-corrected chi connectivity index (χ3v) is 4.62. The Morgan fingerprint density at radius 3 is 2.11 bits per heavy atom. The van der Waals surface area contributed by atoms with Gasteiger partial charge < -0.3 is 10.1 Å². The molecule has 0 aliphatic rings. The minimum absolute atomic E-state index is 0.0886. The third-order valence-electron chi connectivity index (χ3n) is 3.90. The van der Waals surface area contributed by atoms with Crippen molar-refractivity contribution >= 4 is 40.5 Å². The third kappa shape index (κ3) is 5.79. The molecule has 0 aliphatic heterocycles. The fraction of sp³-hybridized carbons (Fsp3) is 0.0435. The van der Waals surface area contributed by atoms with Crippen molar-refractivity contribution in [1.82, 2.24) is 5.32 Å². The van der Waals surface area contributed by atoms with Crippen LogP contribution in [0, 0.1) is 3.57 Å². The molecule has 0 spiro atoms. The van der Waals surface area contributed by atoms with E-state index < -0.39 is 5.97 Å². The van der Waals surface area contributed by atoms with Crippen LogP contribution in [0.15, 0.2) is 90.6 Å². The number of carbonyl (C=O) groups excluding carboxylic acids is 2. The molecule has 0 fully saturated rings. The maximum atomic E-state index is 12.6. The molecule has 28 heavy (non-hydrogen) atoms. The Morgan fingerprint density at radius 1 is 0.857 bits per heavy atom. The van der Waals surface area contributed by atoms with Gasteiger partial charge in [0.15, 0.2) is 0 Å². The molecular formula is C23H18INO3. The second-order valence-corrected chi connectivity index (χ2v) is 7.24. The first kappa shape index (κ1) is 19.8. The van der Waals surface area contributed by atoms with Crippen molar-refractivity contribution in [3.63, 3.8) is 0 Å². The standard InChI is InChI=1S/C23H18INO3/c24-20-13-11-19(12-14-20)22(26)25-21(15-17-7-3-1-4-8-17)23(27)28-16-18-9-5-2-6-10-18/h1-15H,16H2,(H,25,26)/b21-15+. The molecule has 3 aromatic carbocycles. The first-order valence-electron chi connectivity index (χ1n) is 8.66. The van der Waals surface area contributed by atoms with Crippen LogP contribution in [0.2, 0.25) is 0 Å². The molecule has 0 bridgehead atoms. The summed E-state index contributed by atoms with van der Waals surface area (Å²) in [5.74, 6) is -0.957. The lowest BCUT2D eigenvalue weighted by Crippen LogP contribution is -2.28. The predicted octanol–water partition coefficient (Wildman–Crippen LogP) is 4.81. The van der Waals surface area contributed by atoms with E-state index in [0.717, 1.165) is 14.7 Å². The summed E-state index contributed by atoms with van der Waals surface area (Å²) in [7, 11) is 0. The predicted molar refractivity (Wildman–Crippen MR) is 117 cm³/mol. The van der Waals surface area contributed by atoms with E-state index >= 15 is 0 Å². The SMILES string of the molecule is O=C(OCc1ccccc1)/C(=C\c1ccccc1)NC(=O)c1ccc(I)cc1. The van der Waals surface area contributed by atoms with E-state index in [9.17, 15) is 9.59 Å². The lowest BCUT2D eigenvalue weighted by molar-refractivity contribution is -0.140. The molecule has 0 saturated carbocycles. The van der Waals surface area contributed by atoms with Gasteiger partial charge in [-0.2, -0.15) is 0 Å². The van der Waals surface area contributed by atoms with Crippen LogP contribution in [0.5, 0.6) is 0 Å². The number of esters is 1. The van der Waals surface area contributed by atoms with Crippen molar-refractivity contribution in [1.29, 1.82) is 0 Å². The van der Waals surface area contributed by atoms with E-state index in [2.05, 4.69) is 27.9 Å². The highest BCUT2D eigenvalue weighted by molar-refractivity contribution is 14.1. The molecule has 0 radical (unpaired) electrons. The highest BCUT2D eigenvalue weighted by Gasteiger charge is 2.16. The quantitative estimate of drug-likeness (QED) is 0.311. The van der Waals surface area contributed by atoms with E-state index in [1.54, 1.807) is 18.2 Å². The minimum Gasteiger partial charge on any atom is -0.456 e. The number of carbonyl (C=O) groups is 2. The van der Waals surface area contributed by atoms with Crippen LogP contribution in [0.1, 0.15) is 21.5 Å². The Labute approximate surface area is 177 Å². The Bertz CT molecular complexity index is 968. The van der Waals surface area contributed by atoms with Gasteiger partial charge in [-0.25, -0.2) is 4.79 Å². The number of benzene rings is 3. The lowest BCUT2D eigenvalue weighted by atomic mass is 10.1.